The van der Waals surface area contributed by atoms with Crippen LogP contribution >= 0.6 is 0 Å². The molecule has 1 aliphatic rings. The molecule has 0 spiro atoms. The van der Waals surface area contributed by atoms with Crippen molar-refractivity contribution in [3.8, 4) is 0 Å². The maximum atomic E-state index is 11.7. The first-order valence-electron chi connectivity index (χ1n) is 7.65. The minimum atomic E-state index is -0.465. The molecular weight excluding hydrogens is 250 g/mol. The fourth-order valence-electron chi connectivity index (χ4n) is 3.02. The van der Waals surface area contributed by atoms with Gasteiger partial charge in [-0.3, -0.25) is 4.79 Å². The van der Waals surface area contributed by atoms with E-state index in [1.165, 1.54) is 18.4 Å². The van der Waals surface area contributed by atoms with Crippen LogP contribution in [0.3, 0.4) is 0 Å². The van der Waals surface area contributed by atoms with Crippen molar-refractivity contribution in [2.24, 2.45) is 5.92 Å². The Bertz CT molecular complexity index is 408. The van der Waals surface area contributed by atoms with Crippen LogP contribution in [0.5, 0.6) is 0 Å². The van der Waals surface area contributed by atoms with Crippen molar-refractivity contribution < 1.29 is 9.90 Å². The van der Waals surface area contributed by atoms with Crippen LogP contribution in [-0.2, 0) is 4.79 Å². The van der Waals surface area contributed by atoms with Crippen molar-refractivity contribution in [3.63, 3.8) is 0 Å². The second-order valence-corrected chi connectivity index (χ2v) is 5.99. The van der Waals surface area contributed by atoms with Gasteiger partial charge in [0.05, 0.1) is 6.10 Å². The summed E-state index contributed by atoms with van der Waals surface area (Å²) in [5.74, 6) is 1.24. The number of hydrogen-bond donors (Lipinski definition) is 2. The number of carbonyl (C=O) groups excluding carboxylic acids is 1. The van der Waals surface area contributed by atoms with Gasteiger partial charge in [0.1, 0.15) is 0 Å². The van der Waals surface area contributed by atoms with Gasteiger partial charge in [0.15, 0.2) is 0 Å². The number of rotatable bonds is 5. The highest BCUT2D eigenvalue weighted by Gasteiger charge is 2.23. The minimum Gasteiger partial charge on any atom is -0.392 e. The summed E-state index contributed by atoms with van der Waals surface area (Å²) in [7, 11) is 0. The molecular formula is C17H25NO2. The lowest BCUT2D eigenvalue weighted by molar-refractivity contribution is -0.122. The molecule has 1 saturated carbocycles. The summed E-state index contributed by atoms with van der Waals surface area (Å²) in [6, 6.07) is 10.7. The molecule has 0 aromatic heterocycles. The zero-order valence-electron chi connectivity index (χ0n) is 12.2. The van der Waals surface area contributed by atoms with E-state index in [9.17, 15) is 4.79 Å². The molecule has 1 fully saturated rings. The van der Waals surface area contributed by atoms with Crippen molar-refractivity contribution in [3.05, 3.63) is 35.9 Å². The number of benzene rings is 1. The maximum absolute atomic E-state index is 11.7. The predicted octanol–water partition coefficient (Wildman–Crippen LogP) is 2.85. The molecule has 0 radical (unpaired) electrons. The summed E-state index contributed by atoms with van der Waals surface area (Å²) in [5, 5.41) is 11.9. The normalized spacial score (nSPS) is 24.1. The zero-order valence-corrected chi connectivity index (χ0v) is 12.2. The van der Waals surface area contributed by atoms with Crippen molar-refractivity contribution in [1.82, 2.24) is 5.32 Å². The lowest BCUT2D eigenvalue weighted by atomic mass is 9.77. The van der Waals surface area contributed by atoms with E-state index in [-0.39, 0.29) is 5.91 Å². The van der Waals surface area contributed by atoms with Gasteiger partial charge >= 0.3 is 0 Å². The van der Waals surface area contributed by atoms with Crippen molar-refractivity contribution in [2.45, 2.75) is 51.0 Å². The number of aliphatic hydroxyl groups excluding tert-OH is 1. The van der Waals surface area contributed by atoms with E-state index in [1.54, 1.807) is 6.92 Å². The quantitative estimate of drug-likeness (QED) is 0.868. The molecule has 2 N–H and O–H groups in total. The molecule has 1 unspecified atom stereocenters. The van der Waals surface area contributed by atoms with Crippen LogP contribution in [-0.4, -0.2) is 23.7 Å². The molecule has 0 aliphatic heterocycles. The molecule has 0 saturated heterocycles. The SMILES string of the molecule is CC(O)CNC(=O)CC1CCC(c2ccccc2)CC1. The predicted molar refractivity (Wildman–Crippen MR) is 80.4 cm³/mol. The minimum absolute atomic E-state index is 0.0778. The molecule has 0 heterocycles. The van der Waals surface area contributed by atoms with E-state index in [2.05, 4.69) is 35.6 Å². The third-order valence-corrected chi connectivity index (χ3v) is 4.19. The van der Waals surface area contributed by atoms with Gasteiger partial charge in [0.2, 0.25) is 5.91 Å². The first-order valence-corrected chi connectivity index (χ1v) is 7.65. The van der Waals surface area contributed by atoms with E-state index in [1.807, 2.05) is 0 Å². The summed E-state index contributed by atoms with van der Waals surface area (Å²) in [4.78, 5) is 11.7. The zero-order chi connectivity index (χ0) is 14.4. The Hall–Kier alpha value is -1.35. The smallest absolute Gasteiger partial charge is 0.220 e. The molecule has 3 heteroatoms. The molecule has 1 aliphatic carbocycles. The number of carbonyl (C=O) groups is 1. The van der Waals surface area contributed by atoms with Crippen LogP contribution in [0.2, 0.25) is 0 Å². The Morgan fingerprint density at radius 1 is 1.25 bits per heavy atom. The van der Waals surface area contributed by atoms with Crippen molar-refractivity contribution in [1.29, 1.82) is 0 Å². The van der Waals surface area contributed by atoms with Crippen LogP contribution in [0.4, 0.5) is 0 Å². The molecule has 110 valence electrons. The number of hydrogen-bond acceptors (Lipinski definition) is 2. The summed E-state index contributed by atoms with van der Waals surface area (Å²) < 4.78 is 0. The standard InChI is InChI=1S/C17H25NO2/c1-13(19)12-18-17(20)11-14-7-9-16(10-8-14)15-5-3-2-4-6-15/h2-6,13-14,16,19H,7-12H2,1H3,(H,18,20). The van der Waals surface area contributed by atoms with Gasteiger partial charge in [-0.1, -0.05) is 30.3 Å². The third kappa shape index (κ3) is 4.64. The van der Waals surface area contributed by atoms with Crippen LogP contribution < -0.4 is 5.32 Å². The van der Waals surface area contributed by atoms with Gasteiger partial charge in [-0.2, -0.15) is 0 Å². The van der Waals surface area contributed by atoms with Gasteiger partial charge in [0, 0.05) is 13.0 Å². The lowest BCUT2D eigenvalue weighted by Gasteiger charge is -2.28. The van der Waals surface area contributed by atoms with Crippen LogP contribution in [0, 0.1) is 5.92 Å². The summed E-state index contributed by atoms with van der Waals surface area (Å²) in [5.41, 5.74) is 1.43. The molecule has 1 aromatic carbocycles. The second kappa shape index (κ2) is 7.44. The number of nitrogens with one attached hydrogen (secondary N) is 1. The number of amides is 1. The van der Waals surface area contributed by atoms with Gasteiger partial charge in [-0.25, -0.2) is 0 Å². The highest BCUT2D eigenvalue weighted by Crippen LogP contribution is 2.36. The molecule has 20 heavy (non-hydrogen) atoms. The van der Waals surface area contributed by atoms with E-state index >= 15 is 0 Å². The highest BCUT2D eigenvalue weighted by molar-refractivity contribution is 5.76. The van der Waals surface area contributed by atoms with E-state index in [4.69, 9.17) is 5.11 Å². The average molecular weight is 275 g/mol. The van der Waals surface area contributed by atoms with Crippen LogP contribution in [0.15, 0.2) is 30.3 Å². The maximum Gasteiger partial charge on any atom is 0.220 e. The Morgan fingerprint density at radius 2 is 1.90 bits per heavy atom. The van der Waals surface area contributed by atoms with E-state index < -0.39 is 6.10 Å². The summed E-state index contributed by atoms with van der Waals surface area (Å²) in [6.45, 7) is 2.05. The van der Waals surface area contributed by atoms with Crippen LogP contribution in [0.25, 0.3) is 0 Å². The second-order valence-electron chi connectivity index (χ2n) is 5.99. The highest BCUT2D eigenvalue weighted by atomic mass is 16.3. The molecule has 2 rings (SSSR count). The largest absolute Gasteiger partial charge is 0.392 e. The Balaban J connectivity index is 1.73. The van der Waals surface area contributed by atoms with E-state index in [0.717, 1.165) is 12.8 Å². The fraction of sp³-hybridized carbons (Fsp3) is 0.588. The third-order valence-electron chi connectivity index (χ3n) is 4.19. The summed E-state index contributed by atoms with van der Waals surface area (Å²) in [6.07, 6.45) is 4.75. The fourth-order valence-corrected chi connectivity index (χ4v) is 3.02. The first-order chi connectivity index (χ1) is 9.65. The Morgan fingerprint density at radius 3 is 2.50 bits per heavy atom. The first kappa shape index (κ1) is 15.0. The van der Waals surface area contributed by atoms with Crippen molar-refractivity contribution in [2.75, 3.05) is 6.54 Å². The van der Waals surface area contributed by atoms with E-state index in [0.29, 0.717) is 24.8 Å². The topological polar surface area (TPSA) is 49.3 Å². The van der Waals surface area contributed by atoms with Gasteiger partial charge in [-0.15, -0.1) is 0 Å². The molecule has 3 nitrogen and oxygen atoms in total. The van der Waals surface area contributed by atoms with Gasteiger partial charge in [-0.05, 0) is 50.0 Å². The van der Waals surface area contributed by atoms with Crippen molar-refractivity contribution >= 4 is 5.91 Å². The molecule has 1 amide bonds. The molecule has 0 bridgehead atoms. The summed E-state index contributed by atoms with van der Waals surface area (Å²) >= 11 is 0. The van der Waals surface area contributed by atoms with Gasteiger partial charge < -0.3 is 10.4 Å². The van der Waals surface area contributed by atoms with Gasteiger partial charge in [0.25, 0.3) is 0 Å². The monoisotopic (exact) mass is 275 g/mol. The average Bonchev–Trinajstić information content (AvgIpc) is 2.47. The lowest BCUT2D eigenvalue weighted by Crippen LogP contribution is -2.32. The number of aliphatic hydroxyl groups is 1. The molecule has 1 atom stereocenters. The molecule has 1 aromatic rings. The Labute approximate surface area is 121 Å². The Kier molecular flexibility index (Phi) is 5.60. The van der Waals surface area contributed by atoms with Crippen LogP contribution in [0.1, 0.15) is 50.5 Å².